The number of azo groups is 1. The molecule has 0 fully saturated rings. The Morgan fingerprint density at radius 2 is 1.89 bits per heavy atom. The second kappa shape index (κ2) is 4.77. The molecule has 98 valence electrons. The maximum absolute atomic E-state index is 11.4. The highest BCUT2D eigenvalue weighted by atomic mass is 16.7. The van der Waals surface area contributed by atoms with E-state index >= 15 is 0 Å². The van der Waals surface area contributed by atoms with E-state index in [4.69, 9.17) is 0 Å². The van der Waals surface area contributed by atoms with Gasteiger partial charge in [-0.25, -0.2) is 14.7 Å². The minimum absolute atomic E-state index is 0.112. The van der Waals surface area contributed by atoms with Crippen LogP contribution in [0.25, 0.3) is 0 Å². The van der Waals surface area contributed by atoms with Gasteiger partial charge in [0, 0.05) is 10.0 Å². The van der Waals surface area contributed by atoms with Crippen molar-refractivity contribution >= 4 is 17.5 Å². The van der Waals surface area contributed by atoms with E-state index in [9.17, 15) is 20.5 Å². The molecule has 0 unspecified atom stereocenters. The molecule has 2 rings (SSSR count). The minimum atomic E-state index is -1.28. The topological polar surface area (TPSA) is 198 Å². The van der Waals surface area contributed by atoms with Crippen molar-refractivity contribution in [3.8, 4) is 0 Å². The third-order valence-corrected chi connectivity index (χ3v) is 1.52. The fraction of sp³-hybridized carbons (Fsp3) is 0. The summed E-state index contributed by atoms with van der Waals surface area (Å²) < 4.78 is 8.27. The van der Waals surface area contributed by atoms with Gasteiger partial charge in [-0.15, -0.1) is 9.49 Å². The van der Waals surface area contributed by atoms with Crippen molar-refractivity contribution in [2.24, 2.45) is 10.3 Å². The molecule has 0 saturated carbocycles. The molecule has 0 aromatic carbocycles. The van der Waals surface area contributed by atoms with Gasteiger partial charge in [-0.05, 0) is 15.4 Å². The molecule has 15 nitrogen and oxygen atoms in total. The molecule has 2 aromatic heterocycles. The highest BCUT2D eigenvalue weighted by molar-refractivity contribution is 5.41. The molecule has 0 bridgehead atoms. The van der Waals surface area contributed by atoms with Crippen molar-refractivity contribution in [1.82, 2.24) is 20.6 Å². The van der Waals surface area contributed by atoms with Gasteiger partial charge in [0.05, 0.1) is 0 Å². The summed E-state index contributed by atoms with van der Waals surface area (Å²) >= 11 is 0. The highest BCUT2D eigenvalue weighted by Gasteiger charge is 2.25. The van der Waals surface area contributed by atoms with E-state index in [2.05, 4.69) is 40.2 Å². The molecule has 0 aliphatic heterocycles. The van der Waals surface area contributed by atoms with Crippen LogP contribution in [0.4, 0.5) is 17.5 Å². The molecule has 0 amide bonds. The van der Waals surface area contributed by atoms with Gasteiger partial charge in [-0.1, -0.05) is 0 Å². The van der Waals surface area contributed by atoms with E-state index in [0.29, 0.717) is 0 Å². The normalized spacial score (nSPS) is 12.6. The Kier molecular flexibility index (Phi) is 3.00. The molecule has 15 heteroatoms. The van der Waals surface area contributed by atoms with Crippen LogP contribution in [0, 0.1) is 20.5 Å². The molecule has 2 heterocycles. The summed E-state index contributed by atoms with van der Waals surface area (Å²) in [7, 11) is 0. The van der Waals surface area contributed by atoms with Gasteiger partial charge >= 0.3 is 22.7 Å². The van der Waals surface area contributed by atoms with Crippen molar-refractivity contribution in [3.05, 3.63) is 26.7 Å². The molecule has 0 N–H and O–H groups in total. The number of nitrogens with zero attached hydrogens (tertiary/aromatic N) is 9. The third-order valence-electron chi connectivity index (χ3n) is 1.52. The zero-order valence-electron chi connectivity index (χ0n) is 8.55. The Morgan fingerprint density at radius 3 is 2.53 bits per heavy atom. The van der Waals surface area contributed by atoms with Crippen molar-refractivity contribution in [2.45, 2.75) is 0 Å². The van der Waals surface area contributed by atoms with Crippen molar-refractivity contribution < 1.29 is 24.0 Å². The van der Waals surface area contributed by atoms with E-state index in [1.54, 1.807) is 0 Å². The van der Waals surface area contributed by atoms with E-state index in [1.165, 1.54) is 0 Å². The Morgan fingerprint density at radius 1 is 1.11 bits per heavy atom. The van der Waals surface area contributed by atoms with Crippen LogP contribution in [0.5, 0.6) is 0 Å². The molecular formula is C4HN9O6. The first-order chi connectivity index (χ1) is 9.08. The fourth-order valence-corrected chi connectivity index (χ4v) is 0.853. The molecule has 19 heavy (non-hydrogen) atoms. The maximum atomic E-state index is 11.4. The quantitative estimate of drug-likeness (QED) is 0.319. The molecule has 0 aliphatic rings. The van der Waals surface area contributed by atoms with Crippen molar-refractivity contribution in [2.75, 3.05) is 0 Å². The van der Waals surface area contributed by atoms with Crippen molar-refractivity contribution in [1.29, 1.82) is 0 Å². The van der Waals surface area contributed by atoms with Gasteiger partial charge in [-0.3, -0.25) is 0 Å². The second-order valence-electron chi connectivity index (χ2n) is 2.65. The zero-order chi connectivity index (χ0) is 13.8. The summed E-state index contributed by atoms with van der Waals surface area (Å²) in [6, 6.07) is 0. The van der Waals surface area contributed by atoms with Crippen LogP contribution >= 0.6 is 0 Å². The lowest BCUT2D eigenvalue weighted by molar-refractivity contribution is -0.643. The molecular weight excluding hydrogens is 270 g/mol. The van der Waals surface area contributed by atoms with Crippen molar-refractivity contribution in [3.63, 3.8) is 0 Å². The average Bonchev–Trinajstić information content (AvgIpc) is 2.98. The van der Waals surface area contributed by atoms with Gasteiger partial charge in [0.1, 0.15) is 0 Å². The highest BCUT2D eigenvalue weighted by Crippen LogP contribution is 2.23. The molecule has 2 aromatic rings. The number of hydrogen-bond acceptors (Lipinski definition) is 11. The molecule has 0 saturated heterocycles. The van der Waals surface area contributed by atoms with Crippen LogP contribution in [0.2, 0.25) is 0 Å². The Hall–Kier alpha value is -3.52. The van der Waals surface area contributed by atoms with Crippen LogP contribution in [-0.4, -0.2) is 35.4 Å². The zero-order valence-corrected chi connectivity index (χ0v) is 8.55. The molecule has 0 spiro atoms. The predicted octanol–water partition coefficient (Wildman–Crippen LogP) is 0.164. The van der Waals surface area contributed by atoms with Crippen LogP contribution in [-0.2, 0) is 0 Å². The molecule has 0 aliphatic carbocycles. The summed E-state index contributed by atoms with van der Waals surface area (Å²) in [5, 5.41) is 49.2. The first-order valence-corrected chi connectivity index (χ1v) is 4.20. The van der Waals surface area contributed by atoms with Crippen LogP contribution < -0.4 is 0 Å². The number of hydrogen-bond donors (Lipinski definition) is 0. The predicted molar refractivity (Wildman–Crippen MR) is 46.7 cm³/mol. The maximum Gasteiger partial charge on any atom is 0.433 e. The van der Waals surface area contributed by atoms with Crippen LogP contribution in [0.3, 0.4) is 0 Å². The lowest BCUT2D eigenvalue weighted by Crippen LogP contribution is -1.98. The first-order valence-electron chi connectivity index (χ1n) is 4.20. The van der Waals surface area contributed by atoms with E-state index in [-0.39, 0.29) is 10.7 Å². The average molecular weight is 271 g/mol. The Balaban J connectivity index is 2.35. The van der Waals surface area contributed by atoms with E-state index in [0.717, 1.165) is 6.20 Å². The van der Waals surface area contributed by atoms with E-state index < -0.39 is 21.5 Å². The smallest absolute Gasteiger partial charge is 0.433 e. The lowest BCUT2D eigenvalue weighted by atomic mass is 10.7. The van der Waals surface area contributed by atoms with Gasteiger partial charge in [0.25, 0.3) is 5.03 Å². The number of nitro groups is 1. The Bertz CT molecular complexity index is 641. The number of aromatic nitrogens is 4. The monoisotopic (exact) mass is 271 g/mol. The summed E-state index contributed by atoms with van der Waals surface area (Å²) in [6.07, 6.45) is 0.931. The Labute approximate surface area is 100 Å². The largest absolute Gasteiger partial charge is 0.690 e. The standard InChI is InChI=1S/C4HN9O6/c14-11(2-1-5-18-7-2)6-3-4(9-19-8-3)12(15)10-13(16)17/h1H. The SMILES string of the molecule is O=[N+]([O-])N=[N+]([O-])c1nonc1N=[N+]([O-])c1cnon1. The summed E-state index contributed by atoms with van der Waals surface area (Å²) in [5.74, 6) is -1.77. The minimum Gasteiger partial charge on any atom is -0.690 e. The summed E-state index contributed by atoms with van der Waals surface area (Å²) in [6.45, 7) is 0. The van der Waals surface area contributed by atoms with Gasteiger partial charge in [0.2, 0.25) is 0 Å². The van der Waals surface area contributed by atoms with Gasteiger partial charge in [-0.2, -0.15) is 0 Å². The number of rotatable bonds is 4. The summed E-state index contributed by atoms with van der Waals surface area (Å²) in [5.41, 5.74) is 0. The summed E-state index contributed by atoms with van der Waals surface area (Å²) in [4.78, 5) is 9.38. The molecule has 0 radical (unpaired) electrons. The van der Waals surface area contributed by atoms with Gasteiger partial charge < -0.3 is 10.4 Å². The first kappa shape index (κ1) is 12.0. The third kappa shape index (κ3) is 2.60. The van der Waals surface area contributed by atoms with Crippen LogP contribution in [0.15, 0.2) is 25.8 Å². The fourth-order valence-electron chi connectivity index (χ4n) is 0.853. The second-order valence-corrected chi connectivity index (χ2v) is 2.65. The molecule has 0 atom stereocenters. The van der Waals surface area contributed by atoms with Gasteiger partial charge in [0.15, 0.2) is 11.4 Å². The lowest BCUT2D eigenvalue weighted by Gasteiger charge is -1.95. The van der Waals surface area contributed by atoms with E-state index in [1.807, 2.05) is 0 Å². The van der Waals surface area contributed by atoms with Crippen LogP contribution in [0.1, 0.15) is 0 Å².